The van der Waals surface area contributed by atoms with Gasteiger partial charge in [-0.25, -0.2) is 9.59 Å². The van der Waals surface area contributed by atoms with Gasteiger partial charge in [0.1, 0.15) is 22.8 Å². The van der Waals surface area contributed by atoms with Gasteiger partial charge in [0.15, 0.2) is 0 Å². The minimum atomic E-state index is -0.530. The van der Waals surface area contributed by atoms with Crippen LogP contribution in [-0.4, -0.2) is 20.2 Å². The molecule has 0 amide bonds. The molecule has 6 heteroatoms. The van der Waals surface area contributed by atoms with E-state index in [0.717, 1.165) is 0 Å². The number of rotatable bonds is 5. The van der Waals surface area contributed by atoms with Crippen LogP contribution >= 0.6 is 0 Å². The van der Waals surface area contributed by atoms with Gasteiger partial charge in [-0.3, -0.25) is 0 Å². The molecule has 0 aliphatic rings. The Balaban J connectivity index is 1.70. The van der Waals surface area contributed by atoms with E-state index < -0.39 is 11.6 Å². The molecule has 0 spiro atoms. The Morgan fingerprint density at radius 2 is 1.57 bits per heavy atom. The number of hydrogen-bond donors (Lipinski definition) is 0. The minimum Gasteiger partial charge on any atom is -0.497 e. The Hall–Kier alpha value is -4.06. The molecule has 150 valence electrons. The van der Waals surface area contributed by atoms with Gasteiger partial charge in [-0.15, -0.1) is 0 Å². The average Bonchev–Trinajstić information content (AvgIpc) is 2.78. The fraction of sp³-hybridized carbons (Fsp3) is 0.0833. The second kappa shape index (κ2) is 8.13. The summed E-state index contributed by atoms with van der Waals surface area (Å²) in [5, 5.41) is 0.682. The first kappa shape index (κ1) is 19.3. The molecule has 0 aliphatic carbocycles. The third-order valence-corrected chi connectivity index (χ3v) is 4.63. The van der Waals surface area contributed by atoms with Crippen molar-refractivity contribution >= 4 is 16.9 Å². The van der Waals surface area contributed by atoms with Gasteiger partial charge in [-0.2, -0.15) is 0 Å². The predicted molar refractivity (Wildman–Crippen MR) is 112 cm³/mol. The first-order valence-electron chi connectivity index (χ1n) is 9.16. The fourth-order valence-electron chi connectivity index (χ4n) is 3.10. The first-order valence-corrected chi connectivity index (χ1v) is 9.16. The minimum absolute atomic E-state index is 0.286. The van der Waals surface area contributed by atoms with Crippen LogP contribution in [0.15, 0.2) is 82.0 Å². The summed E-state index contributed by atoms with van der Waals surface area (Å²) in [4.78, 5) is 24.9. The van der Waals surface area contributed by atoms with E-state index in [4.69, 9.17) is 18.6 Å². The maximum absolute atomic E-state index is 12.6. The van der Waals surface area contributed by atoms with Crippen molar-refractivity contribution in [1.82, 2.24) is 0 Å². The van der Waals surface area contributed by atoms with Crippen LogP contribution in [0.5, 0.6) is 17.2 Å². The molecule has 4 aromatic rings. The largest absolute Gasteiger partial charge is 0.497 e. The van der Waals surface area contributed by atoms with E-state index in [0.29, 0.717) is 39.2 Å². The lowest BCUT2D eigenvalue weighted by atomic mass is 10.0. The molecule has 1 aromatic heterocycles. The molecule has 30 heavy (non-hydrogen) atoms. The number of fused-ring (bicyclic) bond motifs is 1. The maximum Gasteiger partial charge on any atom is 0.344 e. The second-order valence-electron chi connectivity index (χ2n) is 6.47. The Bertz CT molecular complexity index is 1270. The van der Waals surface area contributed by atoms with Crippen molar-refractivity contribution < 1.29 is 23.4 Å². The van der Waals surface area contributed by atoms with Gasteiger partial charge < -0.3 is 18.6 Å². The van der Waals surface area contributed by atoms with Crippen LogP contribution in [0.4, 0.5) is 0 Å². The van der Waals surface area contributed by atoms with E-state index in [1.807, 2.05) is 6.07 Å². The van der Waals surface area contributed by atoms with Gasteiger partial charge in [0.25, 0.3) is 0 Å². The molecule has 0 unspecified atom stereocenters. The van der Waals surface area contributed by atoms with Crippen LogP contribution in [0.25, 0.3) is 22.1 Å². The summed E-state index contributed by atoms with van der Waals surface area (Å²) >= 11 is 0. The Kier molecular flexibility index (Phi) is 5.22. The SMILES string of the molecule is COc1ccc(-c2cc3ccc(OC(=O)c4ccccc4)cc3oc2=O)c(OC)c1. The van der Waals surface area contributed by atoms with Crippen LogP contribution in [0.2, 0.25) is 0 Å². The number of methoxy groups -OCH3 is 2. The van der Waals surface area contributed by atoms with Gasteiger partial charge in [-0.1, -0.05) is 18.2 Å². The highest BCUT2D eigenvalue weighted by Crippen LogP contribution is 2.33. The number of carbonyl (C=O) groups is 1. The summed E-state index contributed by atoms with van der Waals surface area (Å²) in [6.07, 6.45) is 0. The van der Waals surface area contributed by atoms with Gasteiger partial charge in [0.2, 0.25) is 0 Å². The lowest BCUT2D eigenvalue weighted by molar-refractivity contribution is 0.0735. The van der Waals surface area contributed by atoms with E-state index in [1.54, 1.807) is 67.8 Å². The molecule has 0 fully saturated rings. The van der Waals surface area contributed by atoms with Crippen molar-refractivity contribution in [2.24, 2.45) is 0 Å². The van der Waals surface area contributed by atoms with Gasteiger partial charge in [0, 0.05) is 23.1 Å². The number of carbonyl (C=O) groups excluding carboxylic acids is 1. The van der Waals surface area contributed by atoms with Crippen LogP contribution in [0.1, 0.15) is 10.4 Å². The number of hydrogen-bond acceptors (Lipinski definition) is 6. The van der Waals surface area contributed by atoms with Crippen molar-refractivity contribution in [2.45, 2.75) is 0 Å². The molecule has 4 rings (SSSR count). The van der Waals surface area contributed by atoms with Crippen molar-refractivity contribution in [3.63, 3.8) is 0 Å². The quantitative estimate of drug-likeness (QED) is 0.274. The van der Waals surface area contributed by atoms with Crippen LogP contribution in [-0.2, 0) is 0 Å². The fourth-order valence-corrected chi connectivity index (χ4v) is 3.10. The zero-order chi connectivity index (χ0) is 21.1. The summed E-state index contributed by atoms with van der Waals surface area (Å²) in [5.74, 6) is 0.909. The van der Waals surface area contributed by atoms with E-state index >= 15 is 0 Å². The summed E-state index contributed by atoms with van der Waals surface area (Å²) < 4.78 is 21.5. The third-order valence-electron chi connectivity index (χ3n) is 4.63. The monoisotopic (exact) mass is 402 g/mol. The number of ether oxygens (including phenoxy) is 3. The van der Waals surface area contributed by atoms with Crippen molar-refractivity contribution in [3.8, 4) is 28.4 Å². The number of benzene rings is 3. The van der Waals surface area contributed by atoms with Crippen LogP contribution < -0.4 is 19.8 Å². The van der Waals surface area contributed by atoms with Crippen molar-refractivity contribution in [1.29, 1.82) is 0 Å². The zero-order valence-electron chi connectivity index (χ0n) is 16.4. The van der Waals surface area contributed by atoms with E-state index in [2.05, 4.69) is 0 Å². The van der Waals surface area contributed by atoms with Crippen LogP contribution in [0.3, 0.4) is 0 Å². The molecular formula is C24H18O6. The molecular weight excluding hydrogens is 384 g/mol. The summed E-state index contributed by atoms with van der Waals surface area (Å²) in [5.41, 5.74) is 1.16. The predicted octanol–water partition coefficient (Wildman–Crippen LogP) is 4.70. The summed E-state index contributed by atoms with van der Waals surface area (Å²) in [6, 6.07) is 20.5. The highest BCUT2D eigenvalue weighted by Gasteiger charge is 2.15. The van der Waals surface area contributed by atoms with Crippen LogP contribution in [0, 0.1) is 0 Å². The molecule has 3 aromatic carbocycles. The maximum atomic E-state index is 12.6. The second-order valence-corrected chi connectivity index (χ2v) is 6.47. The Morgan fingerprint density at radius 3 is 2.30 bits per heavy atom. The highest BCUT2D eigenvalue weighted by atomic mass is 16.5. The average molecular weight is 402 g/mol. The molecule has 0 bridgehead atoms. The van der Waals surface area contributed by atoms with E-state index in [9.17, 15) is 9.59 Å². The first-order chi connectivity index (χ1) is 14.6. The number of esters is 1. The summed E-state index contributed by atoms with van der Waals surface area (Å²) in [6.45, 7) is 0. The van der Waals surface area contributed by atoms with Gasteiger partial charge >= 0.3 is 11.6 Å². The molecule has 0 aliphatic heterocycles. The summed E-state index contributed by atoms with van der Waals surface area (Å²) in [7, 11) is 3.08. The molecule has 6 nitrogen and oxygen atoms in total. The molecule has 1 heterocycles. The molecule has 0 atom stereocenters. The van der Waals surface area contributed by atoms with E-state index in [1.165, 1.54) is 13.2 Å². The molecule has 0 radical (unpaired) electrons. The Labute approximate surface area is 172 Å². The van der Waals surface area contributed by atoms with Gasteiger partial charge in [-0.05, 0) is 42.5 Å². The molecule has 0 saturated heterocycles. The Morgan fingerprint density at radius 1 is 0.800 bits per heavy atom. The van der Waals surface area contributed by atoms with Gasteiger partial charge in [0.05, 0.1) is 25.3 Å². The zero-order valence-corrected chi connectivity index (χ0v) is 16.4. The normalized spacial score (nSPS) is 10.6. The topological polar surface area (TPSA) is 75.0 Å². The lowest BCUT2D eigenvalue weighted by Crippen LogP contribution is -2.08. The molecule has 0 saturated carbocycles. The smallest absolute Gasteiger partial charge is 0.344 e. The third kappa shape index (κ3) is 3.75. The standard InChI is InChI=1S/C24H18O6/c1-27-17-10-11-19(22(13-17)28-2)20-12-16-8-9-18(14-21(16)30-24(20)26)29-23(25)15-6-4-3-5-7-15/h3-14H,1-2H3. The van der Waals surface area contributed by atoms with Crippen molar-refractivity contribution in [2.75, 3.05) is 14.2 Å². The molecule has 0 N–H and O–H groups in total. The highest BCUT2D eigenvalue weighted by molar-refractivity contribution is 5.92. The van der Waals surface area contributed by atoms with Crippen molar-refractivity contribution in [3.05, 3.63) is 88.8 Å². The van der Waals surface area contributed by atoms with E-state index in [-0.39, 0.29) is 5.75 Å². The lowest BCUT2D eigenvalue weighted by Gasteiger charge is -2.10.